The van der Waals surface area contributed by atoms with Gasteiger partial charge in [-0.15, -0.1) is 0 Å². The summed E-state index contributed by atoms with van der Waals surface area (Å²) >= 11 is 1.57. The van der Waals surface area contributed by atoms with E-state index in [0.717, 1.165) is 11.1 Å². The third-order valence-electron chi connectivity index (χ3n) is 4.57. The molecule has 0 aliphatic rings. The van der Waals surface area contributed by atoms with E-state index in [1.165, 1.54) is 24.3 Å². The largest absolute Gasteiger partial charge is 0.348 e. The number of hydrogen-bond acceptors (Lipinski definition) is 5. The molecule has 0 saturated carbocycles. The van der Waals surface area contributed by atoms with Crippen molar-refractivity contribution >= 4 is 29.3 Å². The number of benzene rings is 2. The molecule has 0 spiro atoms. The van der Waals surface area contributed by atoms with Gasteiger partial charge in [-0.1, -0.05) is 30.3 Å². The fourth-order valence-electron chi connectivity index (χ4n) is 2.97. The van der Waals surface area contributed by atoms with Crippen LogP contribution in [0, 0.1) is 17.0 Å². The summed E-state index contributed by atoms with van der Waals surface area (Å²) in [5, 5.41) is 16.6. The number of aryl methyl sites for hydroxylation is 1. The smallest absolute Gasteiger partial charge is 0.270 e. The van der Waals surface area contributed by atoms with Crippen LogP contribution in [0.2, 0.25) is 0 Å². The van der Waals surface area contributed by atoms with Crippen LogP contribution >= 0.6 is 11.8 Å². The van der Waals surface area contributed by atoms with Crippen LogP contribution in [0.3, 0.4) is 0 Å². The SMILES string of the molecule is CSCCC(NC(=O)c1cccc([N+](=O)[O-])c1)C(=O)NC(C)c1ccccc1C. The van der Waals surface area contributed by atoms with Gasteiger partial charge in [0.15, 0.2) is 0 Å². The van der Waals surface area contributed by atoms with Crippen molar-refractivity contribution in [3.05, 3.63) is 75.3 Å². The van der Waals surface area contributed by atoms with E-state index in [4.69, 9.17) is 0 Å². The van der Waals surface area contributed by atoms with Crippen LogP contribution in [0.4, 0.5) is 5.69 Å². The van der Waals surface area contributed by atoms with Crippen molar-refractivity contribution in [3.8, 4) is 0 Å². The van der Waals surface area contributed by atoms with Gasteiger partial charge in [0, 0.05) is 17.7 Å². The summed E-state index contributed by atoms with van der Waals surface area (Å²) in [4.78, 5) is 35.8. The third kappa shape index (κ3) is 6.32. The Morgan fingerprint density at radius 2 is 1.86 bits per heavy atom. The molecule has 2 aromatic carbocycles. The number of rotatable bonds is 9. The van der Waals surface area contributed by atoms with Crippen LogP contribution in [0.1, 0.15) is 40.9 Å². The van der Waals surface area contributed by atoms with Crippen LogP contribution in [-0.2, 0) is 4.79 Å². The fourth-order valence-corrected chi connectivity index (χ4v) is 3.44. The summed E-state index contributed by atoms with van der Waals surface area (Å²) in [6, 6.07) is 12.3. The van der Waals surface area contributed by atoms with Crippen molar-refractivity contribution in [3.63, 3.8) is 0 Å². The lowest BCUT2D eigenvalue weighted by molar-refractivity contribution is -0.384. The topological polar surface area (TPSA) is 101 Å². The molecule has 2 atom stereocenters. The van der Waals surface area contributed by atoms with Crippen molar-refractivity contribution in [2.75, 3.05) is 12.0 Å². The molecule has 0 fully saturated rings. The van der Waals surface area contributed by atoms with Crippen LogP contribution in [0.25, 0.3) is 0 Å². The molecule has 0 aromatic heterocycles. The molecule has 29 heavy (non-hydrogen) atoms. The zero-order valence-electron chi connectivity index (χ0n) is 16.7. The average Bonchev–Trinajstić information content (AvgIpc) is 2.71. The maximum atomic E-state index is 12.8. The van der Waals surface area contributed by atoms with Crippen molar-refractivity contribution in [2.45, 2.75) is 32.4 Å². The molecule has 8 heteroatoms. The molecule has 2 unspecified atom stereocenters. The van der Waals surface area contributed by atoms with Gasteiger partial charge in [-0.2, -0.15) is 11.8 Å². The van der Waals surface area contributed by atoms with Gasteiger partial charge in [-0.25, -0.2) is 0 Å². The first-order chi connectivity index (χ1) is 13.8. The Hall–Kier alpha value is -2.87. The summed E-state index contributed by atoms with van der Waals surface area (Å²) in [5.41, 5.74) is 2.06. The molecule has 0 radical (unpaired) electrons. The minimum absolute atomic E-state index is 0.146. The van der Waals surface area contributed by atoms with Gasteiger partial charge < -0.3 is 10.6 Å². The Bertz CT molecular complexity index is 888. The third-order valence-corrected chi connectivity index (χ3v) is 5.21. The number of nitrogens with zero attached hydrogens (tertiary/aromatic N) is 1. The van der Waals surface area contributed by atoms with Gasteiger partial charge in [0.05, 0.1) is 11.0 Å². The van der Waals surface area contributed by atoms with Gasteiger partial charge >= 0.3 is 0 Å². The molecule has 0 heterocycles. The number of nitrogens with one attached hydrogen (secondary N) is 2. The number of carbonyl (C=O) groups excluding carboxylic acids is 2. The van der Waals surface area contributed by atoms with Crippen LogP contribution in [0.15, 0.2) is 48.5 Å². The first kappa shape index (κ1) is 22.4. The van der Waals surface area contributed by atoms with Crippen LogP contribution in [-0.4, -0.2) is 34.8 Å². The zero-order chi connectivity index (χ0) is 21.4. The molecular weight excluding hydrogens is 390 g/mol. The predicted molar refractivity (Wildman–Crippen MR) is 115 cm³/mol. The lowest BCUT2D eigenvalue weighted by Gasteiger charge is -2.22. The fraction of sp³-hybridized carbons (Fsp3) is 0.333. The lowest BCUT2D eigenvalue weighted by atomic mass is 10.0. The molecule has 0 saturated heterocycles. The van der Waals surface area contributed by atoms with E-state index in [0.29, 0.717) is 12.2 Å². The van der Waals surface area contributed by atoms with Crippen LogP contribution in [0.5, 0.6) is 0 Å². The van der Waals surface area contributed by atoms with E-state index in [1.54, 1.807) is 11.8 Å². The molecule has 154 valence electrons. The minimum atomic E-state index is -0.735. The number of carbonyl (C=O) groups is 2. The van der Waals surface area contributed by atoms with E-state index in [-0.39, 0.29) is 23.2 Å². The van der Waals surface area contributed by atoms with E-state index >= 15 is 0 Å². The Balaban J connectivity index is 2.12. The predicted octanol–water partition coefficient (Wildman–Crippen LogP) is 3.63. The Morgan fingerprint density at radius 1 is 1.14 bits per heavy atom. The minimum Gasteiger partial charge on any atom is -0.348 e. The number of amides is 2. The molecule has 0 aliphatic heterocycles. The highest BCUT2D eigenvalue weighted by Crippen LogP contribution is 2.17. The number of nitro benzene ring substituents is 1. The second-order valence-electron chi connectivity index (χ2n) is 6.70. The van der Waals surface area contributed by atoms with E-state index in [9.17, 15) is 19.7 Å². The molecule has 2 amide bonds. The number of hydrogen-bond donors (Lipinski definition) is 2. The molecule has 7 nitrogen and oxygen atoms in total. The number of thioether (sulfide) groups is 1. The number of non-ortho nitro benzene ring substituents is 1. The number of nitro groups is 1. The standard InChI is InChI=1S/C21H25N3O4S/c1-14-7-4-5-10-18(14)15(2)22-21(26)19(11-12-29-3)23-20(25)16-8-6-9-17(13-16)24(27)28/h4-10,13,15,19H,11-12H2,1-3H3,(H,22,26)(H,23,25). The monoisotopic (exact) mass is 415 g/mol. The zero-order valence-corrected chi connectivity index (χ0v) is 17.5. The van der Waals surface area contributed by atoms with Crippen molar-refractivity contribution in [1.29, 1.82) is 0 Å². The molecule has 2 rings (SSSR count). The van der Waals surface area contributed by atoms with Gasteiger partial charge in [0.25, 0.3) is 11.6 Å². The maximum absolute atomic E-state index is 12.8. The van der Waals surface area contributed by atoms with E-state index in [1.807, 2.05) is 44.4 Å². The van der Waals surface area contributed by atoms with Gasteiger partial charge in [-0.3, -0.25) is 19.7 Å². The summed E-state index contributed by atoms with van der Waals surface area (Å²) < 4.78 is 0. The van der Waals surface area contributed by atoms with Gasteiger partial charge in [0.1, 0.15) is 6.04 Å². The normalized spacial score (nSPS) is 12.7. The summed E-state index contributed by atoms with van der Waals surface area (Å²) in [5.74, 6) is -0.112. The van der Waals surface area contributed by atoms with Gasteiger partial charge in [-0.05, 0) is 49.5 Å². The highest BCUT2D eigenvalue weighted by Gasteiger charge is 2.24. The molecule has 0 bridgehead atoms. The van der Waals surface area contributed by atoms with Crippen molar-refractivity contribution < 1.29 is 14.5 Å². The summed E-state index contributed by atoms with van der Waals surface area (Å²) in [6.45, 7) is 3.88. The quantitative estimate of drug-likeness (QED) is 0.481. The van der Waals surface area contributed by atoms with Gasteiger partial charge in [0.2, 0.25) is 5.91 Å². The highest BCUT2D eigenvalue weighted by atomic mass is 32.2. The Morgan fingerprint density at radius 3 is 2.52 bits per heavy atom. The van der Waals surface area contributed by atoms with E-state index < -0.39 is 16.9 Å². The average molecular weight is 416 g/mol. The Kier molecular flexibility index (Phi) is 8.21. The molecule has 2 aromatic rings. The molecular formula is C21H25N3O4S. The van der Waals surface area contributed by atoms with Crippen molar-refractivity contribution in [2.24, 2.45) is 0 Å². The second-order valence-corrected chi connectivity index (χ2v) is 7.69. The van der Waals surface area contributed by atoms with Crippen molar-refractivity contribution in [1.82, 2.24) is 10.6 Å². The summed E-state index contributed by atoms with van der Waals surface area (Å²) in [6.07, 6.45) is 2.38. The van der Waals surface area contributed by atoms with E-state index in [2.05, 4.69) is 10.6 Å². The second kappa shape index (κ2) is 10.6. The lowest BCUT2D eigenvalue weighted by Crippen LogP contribution is -2.47. The van der Waals surface area contributed by atoms with Crippen LogP contribution < -0.4 is 10.6 Å². The summed E-state index contributed by atoms with van der Waals surface area (Å²) in [7, 11) is 0. The highest BCUT2D eigenvalue weighted by molar-refractivity contribution is 7.98. The molecule has 0 aliphatic carbocycles. The first-order valence-corrected chi connectivity index (χ1v) is 10.6. The first-order valence-electron chi connectivity index (χ1n) is 9.23. The Labute approximate surface area is 174 Å². The molecule has 2 N–H and O–H groups in total. The maximum Gasteiger partial charge on any atom is 0.270 e.